The van der Waals surface area contributed by atoms with Gasteiger partial charge in [-0.15, -0.1) is 0 Å². The van der Waals surface area contributed by atoms with Gasteiger partial charge in [0.15, 0.2) is 12.3 Å². The van der Waals surface area contributed by atoms with Crippen molar-refractivity contribution in [2.45, 2.75) is 27.0 Å². The average molecular weight is 607 g/mol. The van der Waals surface area contributed by atoms with Crippen LogP contribution in [0.2, 0.25) is 0 Å². The molecule has 0 aliphatic carbocycles. The van der Waals surface area contributed by atoms with E-state index < -0.39 is 11.7 Å². The third kappa shape index (κ3) is 6.19. The zero-order chi connectivity index (χ0) is 29.2. The summed E-state index contributed by atoms with van der Waals surface area (Å²) in [6.07, 6.45) is 0. The van der Waals surface area contributed by atoms with Gasteiger partial charge in [0.25, 0.3) is 11.7 Å². The molecule has 0 saturated heterocycles. The first-order valence-electron chi connectivity index (χ1n) is 13.0. The fraction of sp³-hybridized carbons (Fsp3) is 0.172. The Morgan fingerprint density at radius 3 is 2.49 bits per heavy atom. The molecule has 0 aliphatic heterocycles. The predicted molar refractivity (Wildman–Crippen MR) is 146 cm³/mol. The number of rotatable bonds is 9. The summed E-state index contributed by atoms with van der Waals surface area (Å²) in [4.78, 5) is 33.3. The van der Waals surface area contributed by atoms with E-state index in [1.54, 1.807) is 18.2 Å². The van der Waals surface area contributed by atoms with Crippen LogP contribution in [0.15, 0.2) is 80.7 Å². The van der Waals surface area contributed by atoms with Gasteiger partial charge < -0.3 is 24.2 Å². The molecule has 0 amide bonds. The van der Waals surface area contributed by atoms with Crippen LogP contribution in [0.1, 0.15) is 34.2 Å². The van der Waals surface area contributed by atoms with E-state index in [1.807, 2.05) is 60.0 Å². The number of aromatic nitrogens is 6. The SMILES string of the molecule is CCOc1nc2cccc(C(=O)OCc3no[n+]([O-])c3C)c2n1Cc1ccc(-c2ccccc2-c2noc(=O)[n-]2)cc1.[K+]. The molecule has 0 aliphatic rings. The van der Waals surface area contributed by atoms with Crippen LogP contribution in [-0.2, 0) is 17.9 Å². The first-order chi connectivity index (χ1) is 20.4. The van der Waals surface area contributed by atoms with Crippen molar-refractivity contribution >= 4 is 17.0 Å². The van der Waals surface area contributed by atoms with Gasteiger partial charge in [0.05, 0.1) is 29.7 Å². The number of hydrogen-bond acceptors (Lipinski definition) is 10. The van der Waals surface area contributed by atoms with Gasteiger partial charge in [-0.05, 0) is 52.0 Å². The fourth-order valence-electron chi connectivity index (χ4n) is 4.60. The first kappa shape index (κ1) is 30.4. The summed E-state index contributed by atoms with van der Waals surface area (Å²) < 4.78 is 22.3. The molecule has 3 aromatic heterocycles. The number of esters is 1. The van der Waals surface area contributed by atoms with Gasteiger partial charge in [0.2, 0.25) is 0 Å². The number of carbonyl (C=O) groups is 1. The van der Waals surface area contributed by atoms with E-state index in [4.69, 9.17) is 9.47 Å². The number of hydrogen-bond donors (Lipinski definition) is 0. The third-order valence-corrected chi connectivity index (χ3v) is 6.66. The van der Waals surface area contributed by atoms with Crippen molar-refractivity contribution in [3.05, 3.63) is 105 Å². The zero-order valence-corrected chi connectivity index (χ0v) is 26.6. The number of carbonyl (C=O) groups excluding carboxylic acids is 1. The van der Waals surface area contributed by atoms with Gasteiger partial charge in [0.1, 0.15) is 0 Å². The smallest absolute Gasteiger partial charge is 0.465 e. The molecule has 6 aromatic rings. The van der Waals surface area contributed by atoms with Crippen molar-refractivity contribution in [3.63, 3.8) is 0 Å². The molecule has 212 valence electrons. The molecule has 0 fully saturated rings. The van der Waals surface area contributed by atoms with Crippen LogP contribution in [0.25, 0.3) is 33.5 Å². The monoisotopic (exact) mass is 606 g/mol. The maximum absolute atomic E-state index is 13.2. The average Bonchev–Trinajstić information content (AvgIpc) is 3.69. The molecule has 3 aromatic carbocycles. The van der Waals surface area contributed by atoms with Crippen LogP contribution >= 0.6 is 0 Å². The standard InChI is InChI=1S/C29H24N6O7.K/c1-3-39-28-30-23-10-6-9-22(27(36)40-16-24-17(2)35(38)42-32-24)25(23)34(28)15-18-11-13-19(14-12-18)20-7-4-5-8-21(20)26-31-29(37)41-33-26;/h4-14H,3,15-16H2,1-2H3,(H,31,33,37);/q;+1/p-1. The Morgan fingerprint density at radius 1 is 1.05 bits per heavy atom. The van der Waals surface area contributed by atoms with E-state index in [9.17, 15) is 14.8 Å². The van der Waals surface area contributed by atoms with Crippen molar-refractivity contribution < 1.29 is 79.7 Å². The summed E-state index contributed by atoms with van der Waals surface area (Å²) in [6, 6.07) is 20.8. The van der Waals surface area contributed by atoms with Gasteiger partial charge in [-0.25, -0.2) is 9.59 Å². The maximum atomic E-state index is 13.2. The minimum atomic E-state index is -0.750. The normalized spacial score (nSPS) is 10.9. The molecule has 0 unspecified atom stereocenters. The van der Waals surface area contributed by atoms with E-state index in [0.29, 0.717) is 35.8 Å². The summed E-state index contributed by atoms with van der Waals surface area (Å²) in [6.45, 7) is 3.87. The topological polar surface area (TPSA) is 164 Å². The molecule has 0 atom stereocenters. The zero-order valence-electron chi connectivity index (χ0n) is 23.5. The van der Waals surface area contributed by atoms with Crippen LogP contribution in [-0.4, -0.2) is 32.4 Å². The molecule has 0 N–H and O–H groups in total. The minimum Gasteiger partial charge on any atom is -0.465 e. The van der Waals surface area contributed by atoms with Crippen molar-refractivity contribution in [1.82, 2.24) is 24.8 Å². The molecular weight excluding hydrogens is 583 g/mol. The van der Waals surface area contributed by atoms with E-state index in [1.165, 1.54) is 6.92 Å². The van der Waals surface area contributed by atoms with Gasteiger partial charge >= 0.3 is 63.1 Å². The largest absolute Gasteiger partial charge is 1.00 e. The molecule has 0 bridgehead atoms. The Hall–Kier alpha value is -4.08. The molecular formula is C29H23KN6O7. The second-order valence-electron chi connectivity index (χ2n) is 9.25. The minimum absolute atomic E-state index is 0. The summed E-state index contributed by atoms with van der Waals surface area (Å²) in [5.41, 5.74) is 5.13. The van der Waals surface area contributed by atoms with Crippen molar-refractivity contribution in [2.75, 3.05) is 6.61 Å². The molecule has 0 radical (unpaired) electrons. The Kier molecular flexibility index (Phi) is 9.22. The van der Waals surface area contributed by atoms with Gasteiger partial charge in [-0.2, -0.15) is 4.98 Å². The van der Waals surface area contributed by atoms with Crippen LogP contribution in [0.4, 0.5) is 0 Å². The van der Waals surface area contributed by atoms with Crippen molar-refractivity contribution in [1.29, 1.82) is 0 Å². The Labute approximate surface area is 286 Å². The van der Waals surface area contributed by atoms with Crippen LogP contribution in [0.5, 0.6) is 6.01 Å². The van der Waals surface area contributed by atoms with Crippen LogP contribution in [0, 0.1) is 12.1 Å². The number of para-hydroxylation sites is 1. The van der Waals surface area contributed by atoms with Gasteiger partial charge in [0, 0.05) is 12.1 Å². The summed E-state index contributed by atoms with van der Waals surface area (Å²) >= 11 is 0. The quantitative estimate of drug-likeness (QED) is 0.127. The second-order valence-corrected chi connectivity index (χ2v) is 9.25. The third-order valence-electron chi connectivity index (χ3n) is 6.66. The molecule has 6 rings (SSSR count). The fourth-order valence-corrected chi connectivity index (χ4v) is 4.60. The molecule has 14 heteroatoms. The van der Waals surface area contributed by atoms with Gasteiger partial charge in [-0.1, -0.05) is 54.6 Å². The summed E-state index contributed by atoms with van der Waals surface area (Å²) in [5, 5.41) is 18.9. The summed E-state index contributed by atoms with van der Waals surface area (Å²) in [5.74, 6) is -1.14. The maximum Gasteiger partial charge on any atom is 1.00 e. The number of fused-ring (bicyclic) bond motifs is 1. The number of nitrogens with zero attached hydrogens (tertiary/aromatic N) is 6. The van der Waals surface area contributed by atoms with E-state index >= 15 is 0 Å². The number of imidazole rings is 1. The molecule has 0 spiro atoms. The predicted octanol–water partition coefficient (Wildman–Crippen LogP) is 0.414. The van der Waals surface area contributed by atoms with Crippen molar-refractivity contribution in [2.24, 2.45) is 0 Å². The first-order valence-corrected chi connectivity index (χ1v) is 13.0. The van der Waals surface area contributed by atoms with E-state index in [0.717, 1.165) is 16.7 Å². The Morgan fingerprint density at radius 2 is 1.81 bits per heavy atom. The molecule has 43 heavy (non-hydrogen) atoms. The second kappa shape index (κ2) is 13.1. The van der Waals surface area contributed by atoms with E-state index in [2.05, 4.69) is 29.4 Å². The Balaban J connectivity index is 0.00000368. The molecule has 0 saturated carbocycles. The summed E-state index contributed by atoms with van der Waals surface area (Å²) in [7, 11) is 0. The van der Waals surface area contributed by atoms with Crippen molar-refractivity contribution in [3.8, 4) is 28.5 Å². The Bertz CT molecular complexity index is 1960. The number of benzene rings is 3. The van der Waals surface area contributed by atoms with Gasteiger partial charge in [-0.3, -0.25) is 14.4 Å². The molecule has 13 nitrogen and oxygen atoms in total. The van der Waals surface area contributed by atoms with Crippen LogP contribution < -0.4 is 71.8 Å². The van der Waals surface area contributed by atoms with Crippen LogP contribution in [0.3, 0.4) is 0 Å². The molecule has 3 heterocycles. The van der Waals surface area contributed by atoms with E-state index in [-0.39, 0.29) is 85.7 Å². The number of ether oxygens (including phenoxy) is 2.